The first-order chi connectivity index (χ1) is 16.9. The molecule has 1 aromatic carbocycles. The van der Waals surface area contributed by atoms with Gasteiger partial charge in [-0.15, -0.1) is 0 Å². The quantitative estimate of drug-likeness (QED) is 0.443. The van der Waals surface area contributed by atoms with Crippen LogP contribution in [0.4, 0.5) is 0 Å². The van der Waals surface area contributed by atoms with E-state index in [1.807, 2.05) is 42.0 Å². The number of benzene rings is 1. The number of nitrogens with two attached hydrogens (primary N) is 1. The molecule has 3 N–H and O–H groups in total. The van der Waals surface area contributed by atoms with Crippen LogP contribution in [0.3, 0.4) is 0 Å². The monoisotopic (exact) mass is 477 g/mol. The molecule has 0 amide bonds. The second-order valence-corrected chi connectivity index (χ2v) is 10.3. The van der Waals surface area contributed by atoms with Crippen LogP contribution >= 0.6 is 0 Å². The molecule has 1 saturated carbocycles. The van der Waals surface area contributed by atoms with E-state index in [4.69, 9.17) is 15.5 Å². The molecule has 1 unspecified atom stereocenters. The van der Waals surface area contributed by atoms with E-state index in [0.29, 0.717) is 18.2 Å². The molecule has 2 aliphatic rings. The summed E-state index contributed by atoms with van der Waals surface area (Å²) in [5.74, 6) is 2.30. The number of hydrogen-bond acceptors (Lipinski definition) is 6. The van der Waals surface area contributed by atoms with Crippen molar-refractivity contribution in [2.75, 3.05) is 20.2 Å². The van der Waals surface area contributed by atoms with E-state index >= 15 is 0 Å². The number of aryl methyl sites for hydroxylation is 2. The zero-order valence-corrected chi connectivity index (χ0v) is 20.8. The molecule has 0 radical (unpaired) electrons. The second-order valence-electron chi connectivity index (χ2n) is 10.3. The summed E-state index contributed by atoms with van der Waals surface area (Å²) in [5, 5.41) is 16.8. The van der Waals surface area contributed by atoms with Gasteiger partial charge < -0.3 is 24.7 Å². The molecule has 0 spiro atoms. The fraction of sp³-hybridized carbons (Fsp3) is 0.538. The van der Waals surface area contributed by atoms with Crippen molar-refractivity contribution in [1.29, 1.82) is 0 Å². The predicted molar refractivity (Wildman–Crippen MR) is 136 cm³/mol. The van der Waals surface area contributed by atoms with E-state index in [1.54, 1.807) is 7.11 Å². The van der Waals surface area contributed by atoms with Crippen LogP contribution in [-0.4, -0.2) is 60.1 Å². The van der Waals surface area contributed by atoms with Gasteiger partial charge in [-0.1, -0.05) is 6.42 Å². The predicted octanol–water partition coefficient (Wildman–Crippen LogP) is 3.15. The lowest BCUT2D eigenvalue weighted by Gasteiger charge is -2.34. The molecule has 0 bridgehead atoms. The van der Waals surface area contributed by atoms with Gasteiger partial charge >= 0.3 is 0 Å². The Kier molecular flexibility index (Phi) is 5.58. The van der Waals surface area contributed by atoms with Crippen LogP contribution in [0.5, 0.6) is 5.75 Å². The first-order valence-corrected chi connectivity index (χ1v) is 12.7. The molecule has 4 aromatic rings. The molecular formula is C26H35N7O2. The van der Waals surface area contributed by atoms with Gasteiger partial charge in [0.2, 0.25) is 0 Å². The largest absolute Gasteiger partial charge is 0.494 e. The van der Waals surface area contributed by atoms with Crippen LogP contribution in [-0.2, 0) is 20.6 Å². The third kappa shape index (κ3) is 3.73. The Labute approximate surface area is 205 Å². The van der Waals surface area contributed by atoms with Crippen molar-refractivity contribution in [3.05, 3.63) is 30.0 Å². The summed E-state index contributed by atoms with van der Waals surface area (Å²) < 4.78 is 12.3. The van der Waals surface area contributed by atoms with E-state index in [1.165, 1.54) is 19.3 Å². The van der Waals surface area contributed by atoms with E-state index in [9.17, 15) is 5.11 Å². The van der Waals surface area contributed by atoms with Crippen LogP contribution in [0.1, 0.15) is 43.9 Å². The SMILES string of the molecule is COc1cc(C(O)N2CCC[C@@H](N)C2)cc2nc(-c3cc4cnn(C)c4n3CC3CCC3)n(C)c12. The molecule has 6 rings (SSSR count). The number of methoxy groups -OCH3 is 1. The number of likely N-dealkylation sites (tertiary alicyclic amines) is 1. The van der Waals surface area contributed by atoms with Crippen LogP contribution in [0.2, 0.25) is 0 Å². The Hall–Kier alpha value is -2.88. The molecule has 9 heteroatoms. The number of ether oxygens (including phenoxy) is 1. The van der Waals surface area contributed by atoms with Gasteiger partial charge in [-0.05, 0) is 49.8 Å². The standard InChI is InChI=1S/C26H35N7O2/c1-30-23-20(10-17(12-22(23)35-3)26(34)32-9-5-8-19(27)15-32)29-24(30)21-11-18-13-28-31(2)25(18)33(21)14-16-6-4-7-16/h10-13,16,19,26,34H,4-9,14-15,27H2,1-3H3/t19-,26?/m1/s1. The highest BCUT2D eigenvalue weighted by Crippen LogP contribution is 2.37. The van der Waals surface area contributed by atoms with Crippen molar-refractivity contribution in [2.45, 2.75) is 50.9 Å². The van der Waals surface area contributed by atoms with Crippen molar-refractivity contribution in [3.63, 3.8) is 0 Å². The van der Waals surface area contributed by atoms with Crippen LogP contribution in [0, 0.1) is 5.92 Å². The molecule has 35 heavy (non-hydrogen) atoms. The summed E-state index contributed by atoms with van der Waals surface area (Å²) in [6.07, 6.45) is 7.04. The average molecular weight is 478 g/mol. The number of aromatic nitrogens is 5. The summed E-state index contributed by atoms with van der Waals surface area (Å²) in [4.78, 5) is 7.13. The first kappa shape index (κ1) is 22.6. The fourth-order valence-electron chi connectivity index (χ4n) is 5.86. The molecular weight excluding hydrogens is 442 g/mol. The number of fused-ring (bicyclic) bond motifs is 2. The number of nitrogens with zero attached hydrogens (tertiary/aromatic N) is 6. The Morgan fingerprint density at radius 3 is 2.71 bits per heavy atom. The highest BCUT2D eigenvalue weighted by atomic mass is 16.5. The lowest BCUT2D eigenvalue weighted by atomic mass is 9.85. The summed E-state index contributed by atoms with van der Waals surface area (Å²) >= 11 is 0. The van der Waals surface area contributed by atoms with Crippen molar-refractivity contribution >= 4 is 22.1 Å². The van der Waals surface area contributed by atoms with Crippen molar-refractivity contribution in [3.8, 4) is 17.3 Å². The Bertz CT molecular complexity index is 1380. The minimum Gasteiger partial charge on any atom is -0.494 e. The van der Waals surface area contributed by atoms with Crippen molar-refractivity contribution < 1.29 is 9.84 Å². The summed E-state index contributed by atoms with van der Waals surface area (Å²) in [6, 6.07) is 6.22. The number of piperidine rings is 1. The van der Waals surface area contributed by atoms with Crippen LogP contribution in [0.25, 0.3) is 33.6 Å². The first-order valence-electron chi connectivity index (χ1n) is 12.7. The molecule has 3 aromatic heterocycles. The summed E-state index contributed by atoms with van der Waals surface area (Å²) in [6.45, 7) is 2.49. The lowest BCUT2D eigenvalue weighted by molar-refractivity contribution is -0.0143. The van der Waals surface area contributed by atoms with Crippen molar-refractivity contribution in [1.82, 2.24) is 28.8 Å². The number of rotatable bonds is 6. The fourth-order valence-corrected chi connectivity index (χ4v) is 5.86. The number of aliphatic hydroxyl groups excluding tert-OH is 1. The van der Waals surface area contributed by atoms with Gasteiger partial charge in [0.15, 0.2) is 5.82 Å². The van der Waals surface area contributed by atoms with Gasteiger partial charge in [0.1, 0.15) is 23.1 Å². The zero-order valence-electron chi connectivity index (χ0n) is 20.8. The van der Waals surface area contributed by atoms with Crippen molar-refractivity contribution in [2.24, 2.45) is 25.7 Å². The summed E-state index contributed by atoms with van der Waals surface area (Å²) in [5.41, 5.74) is 10.9. The minimum atomic E-state index is -0.735. The normalized spacial score (nSPS) is 20.5. The Morgan fingerprint density at radius 1 is 1.17 bits per heavy atom. The summed E-state index contributed by atoms with van der Waals surface area (Å²) in [7, 11) is 5.71. The number of hydrogen-bond donors (Lipinski definition) is 2. The highest BCUT2D eigenvalue weighted by Gasteiger charge is 2.27. The minimum absolute atomic E-state index is 0.0950. The third-order valence-corrected chi connectivity index (χ3v) is 7.98. The van der Waals surface area contributed by atoms with Gasteiger partial charge in [0, 0.05) is 50.7 Å². The number of imidazole rings is 1. The lowest BCUT2D eigenvalue weighted by Crippen LogP contribution is -2.44. The molecule has 9 nitrogen and oxygen atoms in total. The van der Waals surface area contributed by atoms with Crippen LogP contribution in [0.15, 0.2) is 24.4 Å². The van der Waals surface area contributed by atoms with Gasteiger partial charge in [0.05, 0.1) is 24.5 Å². The molecule has 4 heterocycles. The zero-order chi connectivity index (χ0) is 24.3. The van der Waals surface area contributed by atoms with Gasteiger partial charge in [-0.3, -0.25) is 9.58 Å². The molecule has 186 valence electrons. The Morgan fingerprint density at radius 2 is 2.00 bits per heavy atom. The van der Waals surface area contributed by atoms with Crippen LogP contribution < -0.4 is 10.5 Å². The number of aliphatic hydroxyl groups is 1. The van der Waals surface area contributed by atoms with E-state index in [0.717, 1.165) is 65.1 Å². The molecule has 2 fully saturated rings. The third-order valence-electron chi connectivity index (χ3n) is 7.98. The maximum atomic E-state index is 11.2. The second kappa shape index (κ2) is 8.65. The topological polar surface area (TPSA) is 99.3 Å². The highest BCUT2D eigenvalue weighted by molar-refractivity contribution is 5.89. The van der Waals surface area contributed by atoms with E-state index < -0.39 is 6.23 Å². The van der Waals surface area contributed by atoms with Gasteiger partial charge in [-0.2, -0.15) is 5.10 Å². The van der Waals surface area contributed by atoms with Gasteiger partial charge in [-0.25, -0.2) is 4.98 Å². The maximum absolute atomic E-state index is 11.2. The van der Waals surface area contributed by atoms with E-state index in [-0.39, 0.29) is 6.04 Å². The Balaban J connectivity index is 1.46. The maximum Gasteiger partial charge on any atom is 0.157 e. The molecule has 1 saturated heterocycles. The molecule has 1 aliphatic carbocycles. The smallest absolute Gasteiger partial charge is 0.157 e. The molecule has 1 aliphatic heterocycles. The molecule has 2 atom stereocenters. The van der Waals surface area contributed by atoms with Gasteiger partial charge in [0.25, 0.3) is 0 Å². The van der Waals surface area contributed by atoms with E-state index in [2.05, 4.69) is 20.3 Å². The average Bonchev–Trinajstić information content (AvgIpc) is 3.47.